The van der Waals surface area contributed by atoms with Crippen molar-refractivity contribution >= 4 is 11.9 Å². The fourth-order valence-corrected chi connectivity index (χ4v) is 1.96. The number of rotatable bonds is 3. The summed E-state index contributed by atoms with van der Waals surface area (Å²) in [5.41, 5.74) is 0.0424. The van der Waals surface area contributed by atoms with E-state index in [1.165, 1.54) is 12.3 Å². The lowest BCUT2D eigenvalue weighted by Gasteiger charge is -2.30. The highest BCUT2D eigenvalue weighted by Crippen LogP contribution is 2.20. The highest BCUT2D eigenvalue weighted by atomic mass is 16.4. The Bertz CT molecular complexity index is 426. The second kappa shape index (κ2) is 4.95. The number of hydrogen-bond acceptors (Lipinski definition) is 4. The maximum absolute atomic E-state index is 10.8. The number of carboxylic acid groups (broad SMARTS) is 1. The first-order chi connectivity index (χ1) is 8.20. The van der Waals surface area contributed by atoms with E-state index in [-0.39, 0.29) is 5.69 Å². The standard InChI is InChI=1S/C12H15N3O2/c1-2-9-4-7-15(8-5-9)12-13-6-3-10(14-12)11(16)17/h2-3,6,9H,1,4-5,7-8H2,(H,16,17). The van der Waals surface area contributed by atoms with Gasteiger partial charge >= 0.3 is 5.97 Å². The molecule has 1 aromatic heterocycles. The minimum Gasteiger partial charge on any atom is -0.477 e. The summed E-state index contributed by atoms with van der Waals surface area (Å²) in [6.07, 6.45) is 5.51. The van der Waals surface area contributed by atoms with Crippen LogP contribution in [0.25, 0.3) is 0 Å². The third kappa shape index (κ3) is 2.61. The number of hydrogen-bond donors (Lipinski definition) is 1. The van der Waals surface area contributed by atoms with Gasteiger partial charge in [0.15, 0.2) is 5.69 Å². The first-order valence-corrected chi connectivity index (χ1v) is 5.64. The van der Waals surface area contributed by atoms with E-state index in [0.717, 1.165) is 25.9 Å². The van der Waals surface area contributed by atoms with Crippen molar-refractivity contribution in [2.75, 3.05) is 18.0 Å². The van der Waals surface area contributed by atoms with E-state index in [0.29, 0.717) is 11.9 Å². The van der Waals surface area contributed by atoms with Gasteiger partial charge in [0.1, 0.15) is 0 Å². The largest absolute Gasteiger partial charge is 0.477 e. The molecular weight excluding hydrogens is 218 g/mol. The fraction of sp³-hybridized carbons (Fsp3) is 0.417. The van der Waals surface area contributed by atoms with Gasteiger partial charge in [-0.2, -0.15) is 0 Å². The topological polar surface area (TPSA) is 66.3 Å². The van der Waals surface area contributed by atoms with Crippen LogP contribution in [0.5, 0.6) is 0 Å². The summed E-state index contributed by atoms with van der Waals surface area (Å²) in [5, 5.41) is 8.87. The Morgan fingerprint density at radius 3 is 2.82 bits per heavy atom. The van der Waals surface area contributed by atoms with Gasteiger partial charge < -0.3 is 10.0 Å². The van der Waals surface area contributed by atoms with Crippen LogP contribution in [0, 0.1) is 5.92 Å². The molecule has 1 saturated heterocycles. The minimum atomic E-state index is -1.02. The van der Waals surface area contributed by atoms with Gasteiger partial charge in [-0.25, -0.2) is 14.8 Å². The molecule has 0 unspecified atom stereocenters. The number of anilines is 1. The molecule has 0 amide bonds. The molecule has 1 N–H and O–H groups in total. The Morgan fingerprint density at radius 1 is 1.53 bits per heavy atom. The lowest BCUT2D eigenvalue weighted by Crippen LogP contribution is -2.34. The average molecular weight is 233 g/mol. The van der Waals surface area contributed by atoms with Crippen molar-refractivity contribution in [1.82, 2.24) is 9.97 Å². The van der Waals surface area contributed by atoms with Crippen molar-refractivity contribution in [3.63, 3.8) is 0 Å². The van der Waals surface area contributed by atoms with E-state index >= 15 is 0 Å². The van der Waals surface area contributed by atoms with E-state index in [9.17, 15) is 4.79 Å². The quantitative estimate of drug-likeness (QED) is 0.803. The van der Waals surface area contributed by atoms with Crippen LogP contribution in [0.4, 0.5) is 5.95 Å². The molecule has 2 heterocycles. The average Bonchev–Trinajstić information content (AvgIpc) is 2.39. The Labute approximate surface area is 99.8 Å². The van der Waals surface area contributed by atoms with Crippen LogP contribution in [-0.2, 0) is 0 Å². The summed E-state index contributed by atoms with van der Waals surface area (Å²) in [4.78, 5) is 21.0. The zero-order valence-electron chi connectivity index (χ0n) is 9.54. The lowest BCUT2D eigenvalue weighted by molar-refractivity contribution is 0.0690. The van der Waals surface area contributed by atoms with Gasteiger partial charge in [0.25, 0.3) is 0 Å². The first kappa shape index (κ1) is 11.6. The van der Waals surface area contributed by atoms with Crippen LogP contribution < -0.4 is 4.90 Å². The van der Waals surface area contributed by atoms with Gasteiger partial charge in [-0.1, -0.05) is 6.08 Å². The van der Waals surface area contributed by atoms with E-state index in [4.69, 9.17) is 5.11 Å². The minimum absolute atomic E-state index is 0.0424. The Balaban J connectivity index is 2.10. The predicted octanol–water partition coefficient (Wildman–Crippen LogP) is 1.58. The van der Waals surface area contributed by atoms with Gasteiger partial charge in [0.05, 0.1) is 0 Å². The van der Waals surface area contributed by atoms with E-state index < -0.39 is 5.97 Å². The van der Waals surface area contributed by atoms with Gasteiger partial charge in [-0.15, -0.1) is 6.58 Å². The Kier molecular flexibility index (Phi) is 3.37. The normalized spacial score (nSPS) is 16.8. The van der Waals surface area contributed by atoms with E-state index in [1.54, 1.807) is 0 Å². The maximum Gasteiger partial charge on any atom is 0.354 e. The molecule has 1 aliphatic heterocycles. The van der Waals surface area contributed by atoms with Crippen molar-refractivity contribution in [2.24, 2.45) is 5.92 Å². The lowest BCUT2D eigenvalue weighted by atomic mass is 9.97. The third-order valence-corrected chi connectivity index (χ3v) is 3.02. The summed E-state index contributed by atoms with van der Waals surface area (Å²) in [6.45, 7) is 5.49. The smallest absolute Gasteiger partial charge is 0.354 e. The fourth-order valence-electron chi connectivity index (χ4n) is 1.96. The highest BCUT2D eigenvalue weighted by molar-refractivity contribution is 5.85. The summed E-state index contributed by atoms with van der Waals surface area (Å²) >= 11 is 0. The molecule has 0 aromatic carbocycles. The second-order valence-electron chi connectivity index (χ2n) is 4.11. The van der Waals surface area contributed by atoms with Crippen LogP contribution in [0.2, 0.25) is 0 Å². The molecule has 17 heavy (non-hydrogen) atoms. The van der Waals surface area contributed by atoms with Crippen LogP contribution in [-0.4, -0.2) is 34.1 Å². The van der Waals surface area contributed by atoms with Crippen molar-refractivity contribution < 1.29 is 9.90 Å². The van der Waals surface area contributed by atoms with Crippen molar-refractivity contribution in [2.45, 2.75) is 12.8 Å². The molecule has 0 aliphatic carbocycles. The Morgan fingerprint density at radius 2 is 2.24 bits per heavy atom. The van der Waals surface area contributed by atoms with Crippen LogP contribution in [0.3, 0.4) is 0 Å². The molecule has 5 nitrogen and oxygen atoms in total. The molecule has 0 saturated carbocycles. The summed E-state index contributed by atoms with van der Waals surface area (Å²) in [6, 6.07) is 1.41. The molecule has 2 rings (SSSR count). The SMILES string of the molecule is C=CC1CCN(c2nccc(C(=O)O)n2)CC1. The van der Waals surface area contributed by atoms with Gasteiger partial charge in [-0.05, 0) is 24.8 Å². The number of piperidine rings is 1. The van der Waals surface area contributed by atoms with Gasteiger partial charge in [-0.3, -0.25) is 0 Å². The van der Waals surface area contributed by atoms with Crippen molar-refractivity contribution in [1.29, 1.82) is 0 Å². The predicted molar refractivity (Wildman–Crippen MR) is 64.1 cm³/mol. The van der Waals surface area contributed by atoms with Crippen LogP contribution in [0.15, 0.2) is 24.9 Å². The third-order valence-electron chi connectivity index (χ3n) is 3.02. The summed E-state index contributed by atoms with van der Waals surface area (Å²) in [5.74, 6) is 0.0379. The molecule has 0 spiro atoms. The van der Waals surface area contributed by atoms with Gasteiger partial charge in [0.2, 0.25) is 5.95 Å². The molecule has 1 aromatic rings. The monoisotopic (exact) mass is 233 g/mol. The number of carboxylic acids is 1. The zero-order chi connectivity index (χ0) is 12.3. The molecule has 5 heteroatoms. The molecule has 0 radical (unpaired) electrons. The molecule has 90 valence electrons. The first-order valence-electron chi connectivity index (χ1n) is 5.64. The molecule has 0 atom stereocenters. The molecule has 1 aliphatic rings. The number of aromatic nitrogens is 2. The van der Waals surface area contributed by atoms with Gasteiger partial charge in [0, 0.05) is 19.3 Å². The van der Waals surface area contributed by atoms with E-state index in [1.807, 2.05) is 11.0 Å². The number of aromatic carboxylic acids is 1. The molecule has 0 bridgehead atoms. The summed E-state index contributed by atoms with van der Waals surface area (Å²) < 4.78 is 0. The van der Waals surface area contributed by atoms with Crippen molar-refractivity contribution in [3.8, 4) is 0 Å². The van der Waals surface area contributed by atoms with Crippen LogP contribution >= 0.6 is 0 Å². The number of nitrogens with zero attached hydrogens (tertiary/aromatic N) is 3. The highest BCUT2D eigenvalue weighted by Gasteiger charge is 2.19. The second-order valence-corrected chi connectivity index (χ2v) is 4.11. The molecule has 1 fully saturated rings. The number of allylic oxidation sites excluding steroid dienone is 1. The maximum atomic E-state index is 10.8. The van der Waals surface area contributed by atoms with Crippen molar-refractivity contribution in [3.05, 3.63) is 30.6 Å². The zero-order valence-corrected chi connectivity index (χ0v) is 9.54. The van der Waals surface area contributed by atoms with E-state index in [2.05, 4.69) is 16.5 Å². The molecular formula is C12H15N3O2. The Hall–Kier alpha value is -1.91. The van der Waals surface area contributed by atoms with Crippen LogP contribution in [0.1, 0.15) is 23.3 Å². The summed E-state index contributed by atoms with van der Waals surface area (Å²) in [7, 11) is 0. The number of carbonyl (C=O) groups is 1.